The SMILES string of the molecule is CCC(C)NC(=O)c1oc2ccc3c(c2c1C)C(=O)CC1(CCCCC1)O3. The predicted octanol–water partition coefficient (Wildman–Crippen LogP) is 4.94. The van der Waals surface area contributed by atoms with Gasteiger partial charge in [0.2, 0.25) is 0 Å². The lowest BCUT2D eigenvalue weighted by Crippen LogP contribution is -2.43. The number of ketones is 1. The Morgan fingerprint density at radius 1 is 1.26 bits per heavy atom. The molecule has 1 fully saturated rings. The third-order valence-corrected chi connectivity index (χ3v) is 6.11. The van der Waals surface area contributed by atoms with Gasteiger partial charge in [0.1, 0.15) is 16.9 Å². The van der Waals surface area contributed by atoms with Crippen LogP contribution in [0.1, 0.15) is 85.3 Å². The summed E-state index contributed by atoms with van der Waals surface area (Å²) in [5, 5.41) is 3.66. The minimum absolute atomic E-state index is 0.0650. The summed E-state index contributed by atoms with van der Waals surface area (Å²) in [7, 11) is 0. The van der Waals surface area contributed by atoms with Crippen molar-refractivity contribution in [2.24, 2.45) is 0 Å². The lowest BCUT2D eigenvalue weighted by Gasteiger charge is -2.40. The Labute approximate surface area is 159 Å². The van der Waals surface area contributed by atoms with Gasteiger partial charge >= 0.3 is 0 Å². The zero-order valence-electron chi connectivity index (χ0n) is 16.3. The minimum Gasteiger partial charge on any atom is -0.486 e. The van der Waals surface area contributed by atoms with Gasteiger partial charge in [0.15, 0.2) is 11.5 Å². The van der Waals surface area contributed by atoms with E-state index in [-0.39, 0.29) is 29.1 Å². The zero-order valence-corrected chi connectivity index (χ0v) is 16.3. The molecule has 1 unspecified atom stereocenters. The summed E-state index contributed by atoms with van der Waals surface area (Å²) in [5.41, 5.74) is 1.51. The molecule has 2 heterocycles. The van der Waals surface area contributed by atoms with Crippen LogP contribution in [0, 0.1) is 6.92 Å². The number of ether oxygens (including phenoxy) is 1. The second kappa shape index (κ2) is 6.70. The maximum atomic E-state index is 13.1. The van der Waals surface area contributed by atoms with E-state index in [2.05, 4.69) is 5.32 Å². The van der Waals surface area contributed by atoms with E-state index in [1.54, 1.807) is 0 Å². The number of aryl methyl sites for hydroxylation is 1. The Balaban J connectivity index is 1.76. The van der Waals surface area contributed by atoms with Crippen molar-refractivity contribution >= 4 is 22.7 Å². The van der Waals surface area contributed by atoms with E-state index in [0.717, 1.165) is 37.5 Å². The number of amides is 1. The number of furan rings is 1. The van der Waals surface area contributed by atoms with Gasteiger partial charge < -0.3 is 14.5 Å². The van der Waals surface area contributed by atoms with Crippen molar-refractivity contribution in [2.75, 3.05) is 0 Å². The number of hydrogen-bond acceptors (Lipinski definition) is 4. The first-order chi connectivity index (χ1) is 12.9. The molecule has 5 nitrogen and oxygen atoms in total. The third-order valence-electron chi connectivity index (χ3n) is 6.11. The highest BCUT2D eigenvalue weighted by atomic mass is 16.5. The van der Waals surface area contributed by atoms with Gasteiger partial charge in [-0.3, -0.25) is 9.59 Å². The molecule has 5 heteroatoms. The largest absolute Gasteiger partial charge is 0.486 e. The van der Waals surface area contributed by atoms with Crippen LogP contribution in [0.25, 0.3) is 11.0 Å². The summed E-state index contributed by atoms with van der Waals surface area (Å²) >= 11 is 0. The molecule has 1 spiro atoms. The van der Waals surface area contributed by atoms with Gasteiger partial charge in [0.25, 0.3) is 5.91 Å². The monoisotopic (exact) mass is 369 g/mol. The number of rotatable bonds is 3. The van der Waals surface area contributed by atoms with Gasteiger partial charge in [-0.1, -0.05) is 13.3 Å². The molecule has 0 radical (unpaired) electrons. The Kier molecular flexibility index (Phi) is 4.49. The molecule has 1 aliphatic carbocycles. The highest BCUT2D eigenvalue weighted by molar-refractivity contribution is 6.13. The molecule has 1 N–H and O–H groups in total. The first-order valence-corrected chi connectivity index (χ1v) is 10.0. The molecule has 1 atom stereocenters. The van der Waals surface area contributed by atoms with E-state index >= 15 is 0 Å². The molecule has 1 aliphatic heterocycles. The standard InChI is InChI=1S/C22H27NO4/c1-4-13(2)23-21(25)20-14(3)18-16(26-20)8-9-17-19(18)15(24)12-22(27-17)10-6-5-7-11-22/h8-9,13H,4-7,10-12H2,1-3H3,(H,23,25). The summed E-state index contributed by atoms with van der Waals surface area (Å²) in [6, 6.07) is 3.70. The van der Waals surface area contributed by atoms with Crippen molar-refractivity contribution in [3.63, 3.8) is 0 Å². The summed E-state index contributed by atoms with van der Waals surface area (Å²) in [6.45, 7) is 5.82. The van der Waals surface area contributed by atoms with Crippen LogP contribution in [0.15, 0.2) is 16.5 Å². The average Bonchev–Trinajstić information content (AvgIpc) is 2.99. The number of nitrogens with one attached hydrogen (secondary N) is 1. The second-order valence-electron chi connectivity index (χ2n) is 8.10. The molecule has 4 rings (SSSR count). The normalized spacial score (nSPS) is 19.6. The van der Waals surface area contributed by atoms with Crippen LogP contribution in [-0.4, -0.2) is 23.3 Å². The number of fused-ring (bicyclic) bond motifs is 3. The molecule has 0 saturated heterocycles. The maximum Gasteiger partial charge on any atom is 0.287 e. The summed E-state index contributed by atoms with van der Waals surface area (Å²) in [6.07, 6.45) is 6.55. The van der Waals surface area contributed by atoms with Gasteiger partial charge in [0.05, 0.1) is 12.0 Å². The number of benzene rings is 1. The zero-order chi connectivity index (χ0) is 19.2. The topological polar surface area (TPSA) is 68.5 Å². The third kappa shape index (κ3) is 3.03. The molecule has 1 aromatic heterocycles. The number of carbonyl (C=O) groups is 2. The maximum absolute atomic E-state index is 13.1. The van der Waals surface area contributed by atoms with Crippen molar-refractivity contribution in [1.29, 1.82) is 0 Å². The van der Waals surface area contributed by atoms with Gasteiger partial charge in [-0.25, -0.2) is 0 Å². The van der Waals surface area contributed by atoms with E-state index < -0.39 is 0 Å². The molecule has 2 aliphatic rings. The average molecular weight is 369 g/mol. The fraction of sp³-hybridized carbons (Fsp3) is 0.545. The summed E-state index contributed by atoms with van der Waals surface area (Å²) in [4.78, 5) is 25.7. The van der Waals surface area contributed by atoms with Crippen LogP contribution < -0.4 is 10.1 Å². The molecule has 144 valence electrons. The van der Waals surface area contributed by atoms with Crippen LogP contribution in [-0.2, 0) is 0 Å². The van der Waals surface area contributed by atoms with Gasteiger partial charge in [-0.15, -0.1) is 0 Å². The van der Waals surface area contributed by atoms with Crippen LogP contribution >= 0.6 is 0 Å². The highest BCUT2D eigenvalue weighted by Crippen LogP contribution is 2.45. The van der Waals surface area contributed by atoms with E-state index in [1.165, 1.54) is 6.42 Å². The van der Waals surface area contributed by atoms with Crippen LogP contribution in [0.5, 0.6) is 5.75 Å². The van der Waals surface area contributed by atoms with E-state index in [0.29, 0.717) is 28.9 Å². The highest BCUT2D eigenvalue weighted by Gasteiger charge is 2.42. The smallest absolute Gasteiger partial charge is 0.287 e. The Bertz CT molecular complexity index is 905. The summed E-state index contributed by atoms with van der Waals surface area (Å²) in [5.74, 6) is 0.782. The number of Topliss-reactive ketones (excluding diaryl/α,β-unsaturated/α-hetero) is 1. The molecule has 2 aromatic rings. The van der Waals surface area contributed by atoms with Crippen molar-refractivity contribution < 1.29 is 18.7 Å². The molecule has 1 amide bonds. The Hall–Kier alpha value is -2.30. The molecule has 27 heavy (non-hydrogen) atoms. The van der Waals surface area contributed by atoms with Crippen LogP contribution in [0.3, 0.4) is 0 Å². The molecule has 1 saturated carbocycles. The fourth-order valence-corrected chi connectivity index (χ4v) is 4.42. The van der Waals surface area contributed by atoms with E-state index in [9.17, 15) is 9.59 Å². The summed E-state index contributed by atoms with van der Waals surface area (Å²) < 4.78 is 12.2. The number of carbonyl (C=O) groups excluding carboxylic acids is 2. The predicted molar refractivity (Wildman–Crippen MR) is 104 cm³/mol. The Morgan fingerprint density at radius 2 is 2.00 bits per heavy atom. The quantitative estimate of drug-likeness (QED) is 0.832. The van der Waals surface area contributed by atoms with Gasteiger partial charge in [0, 0.05) is 17.0 Å². The van der Waals surface area contributed by atoms with Crippen molar-refractivity contribution in [1.82, 2.24) is 5.32 Å². The Morgan fingerprint density at radius 3 is 2.70 bits per heavy atom. The second-order valence-corrected chi connectivity index (χ2v) is 8.10. The first-order valence-electron chi connectivity index (χ1n) is 10.0. The van der Waals surface area contributed by atoms with E-state index in [1.807, 2.05) is 32.9 Å². The van der Waals surface area contributed by atoms with Gasteiger partial charge in [-0.2, -0.15) is 0 Å². The first kappa shape index (κ1) is 18.1. The van der Waals surface area contributed by atoms with Crippen LogP contribution in [0.4, 0.5) is 0 Å². The van der Waals surface area contributed by atoms with Crippen molar-refractivity contribution in [3.8, 4) is 5.75 Å². The molecule has 1 aromatic carbocycles. The van der Waals surface area contributed by atoms with E-state index in [4.69, 9.17) is 9.15 Å². The molecular formula is C22H27NO4. The van der Waals surface area contributed by atoms with Gasteiger partial charge in [-0.05, 0) is 58.1 Å². The van der Waals surface area contributed by atoms with Crippen LogP contribution in [0.2, 0.25) is 0 Å². The number of hydrogen-bond donors (Lipinski definition) is 1. The van der Waals surface area contributed by atoms with Crippen molar-refractivity contribution in [2.45, 2.75) is 77.4 Å². The molecule has 0 bridgehead atoms. The van der Waals surface area contributed by atoms with Crippen molar-refractivity contribution in [3.05, 3.63) is 29.0 Å². The lowest BCUT2D eigenvalue weighted by atomic mass is 9.78. The minimum atomic E-state index is -0.343. The lowest BCUT2D eigenvalue weighted by molar-refractivity contribution is 0.0139. The fourth-order valence-electron chi connectivity index (χ4n) is 4.42. The molecular weight excluding hydrogens is 342 g/mol.